The lowest BCUT2D eigenvalue weighted by Gasteiger charge is -2.11. The summed E-state index contributed by atoms with van der Waals surface area (Å²) < 4.78 is 0. The second-order valence-corrected chi connectivity index (χ2v) is 5.77. The molecule has 0 radical (unpaired) electrons. The van der Waals surface area contributed by atoms with E-state index in [0.717, 1.165) is 43.6 Å². The first-order valence-electron chi connectivity index (χ1n) is 7.23. The maximum Gasteiger partial charge on any atom is 0.244 e. The molecular formula is C13H23N5. The van der Waals surface area contributed by atoms with Crippen LogP contribution in [-0.2, 0) is 6.42 Å². The number of nitrogens with zero attached hydrogens (tertiary/aromatic N) is 3. The molecule has 5 heteroatoms. The van der Waals surface area contributed by atoms with Crippen LogP contribution in [0.15, 0.2) is 0 Å². The summed E-state index contributed by atoms with van der Waals surface area (Å²) in [7, 11) is 0. The zero-order chi connectivity index (χ0) is 12.4. The summed E-state index contributed by atoms with van der Waals surface area (Å²) in [6, 6.07) is 0.283. The summed E-state index contributed by atoms with van der Waals surface area (Å²) in [5.74, 6) is 2.79. The molecule has 3 N–H and O–H groups in total. The van der Waals surface area contributed by atoms with Crippen LogP contribution >= 0.6 is 0 Å². The Balaban J connectivity index is 1.52. The van der Waals surface area contributed by atoms with E-state index in [9.17, 15) is 0 Å². The molecule has 0 amide bonds. The number of aromatic nitrogens is 3. The van der Waals surface area contributed by atoms with Gasteiger partial charge in [-0.1, -0.05) is 25.7 Å². The molecule has 1 unspecified atom stereocenters. The van der Waals surface area contributed by atoms with Crippen molar-refractivity contribution in [3.8, 4) is 0 Å². The molecular weight excluding hydrogens is 226 g/mol. The first kappa shape index (κ1) is 12.0. The molecule has 1 aromatic heterocycles. The fourth-order valence-corrected chi connectivity index (χ4v) is 3.15. The lowest BCUT2D eigenvalue weighted by atomic mass is 10.0. The zero-order valence-electron chi connectivity index (χ0n) is 10.9. The molecule has 1 saturated carbocycles. The first-order chi connectivity index (χ1) is 8.81. The van der Waals surface area contributed by atoms with E-state index in [1.54, 1.807) is 0 Å². The Morgan fingerprint density at radius 3 is 2.83 bits per heavy atom. The molecule has 1 aliphatic carbocycles. The SMILES string of the molecule is NC1CCN(c2n[nH]c(CCC3CCCC3)n2)C1. The van der Waals surface area contributed by atoms with E-state index >= 15 is 0 Å². The van der Waals surface area contributed by atoms with Gasteiger partial charge in [0.2, 0.25) is 5.95 Å². The minimum atomic E-state index is 0.283. The Labute approximate surface area is 108 Å². The standard InChI is InChI=1S/C13H23N5/c14-11-7-8-18(9-11)13-15-12(16-17-13)6-5-10-3-1-2-4-10/h10-11H,1-9,14H2,(H,15,16,17). The molecule has 18 heavy (non-hydrogen) atoms. The quantitative estimate of drug-likeness (QED) is 0.847. The summed E-state index contributed by atoms with van der Waals surface area (Å²) in [5, 5.41) is 7.39. The average Bonchev–Trinajstić information content (AvgIpc) is 3.07. The van der Waals surface area contributed by atoms with E-state index in [-0.39, 0.29) is 6.04 Å². The van der Waals surface area contributed by atoms with Crippen LogP contribution in [0, 0.1) is 5.92 Å². The minimum absolute atomic E-state index is 0.283. The van der Waals surface area contributed by atoms with Crippen LogP contribution in [0.2, 0.25) is 0 Å². The van der Waals surface area contributed by atoms with Crippen LogP contribution in [0.4, 0.5) is 5.95 Å². The normalized spacial score (nSPS) is 25.2. The highest BCUT2D eigenvalue weighted by Crippen LogP contribution is 2.28. The second kappa shape index (κ2) is 5.26. The number of aryl methyl sites for hydroxylation is 1. The van der Waals surface area contributed by atoms with Crippen LogP contribution < -0.4 is 10.6 Å². The van der Waals surface area contributed by atoms with Crippen molar-refractivity contribution in [2.75, 3.05) is 18.0 Å². The van der Waals surface area contributed by atoms with Crippen LogP contribution in [-0.4, -0.2) is 34.3 Å². The third kappa shape index (κ3) is 2.66. The van der Waals surface area contributed by atoms with Crippen molar-refractivity contribution in [1.82, 2.24) is 15.2 Å². The van der Waals surface area contributed by atoms with Crippen LogP contribution in [0.5, 0.6) is 0 Å². The molecule has 1 atom stereocenters. The van der Waals surface area contributed by atoms with E-state index in [1.807, 2.05) is 0 Å². The number of hydrogen-bond acceptors (Lipinski definition) is 4. The van der Waals surface area contributed by atoms with Gasteiger partial charge in [-0.2, -0.15) is 4.98 Å². The van der Waals surface area contributed by atoms with E-state index in [0.29, 0.717) is 0 Å². The van der Waals surface area contributed by atoms with Gasteiger partial charge in [0.1, 0.15) is 5.82 Å². The summed E-state index contributed by atoms with van der Waals surface area (Å²) in [6.07, 6.45) is 8.98. The van der Waals surface area contributed by atoms with Gasteiger partial charge in [0.15, 0.2) is 0 Å². The molecule has 2 heterocycles. The smallest absolute Gasteiger partial charge is 0.244 e. The number of rotatable bonds is 4. The molecule has 2 fully saturated rings. The van der Waals surface area contributed by atoms with Gasteiger partial charge < -0.3 is 10.6 Å². The average molecular weight is 249 g/mol. The van der Waals surface area contributed by atoms with Crippen molar-refractivity contribution in [1.29, 1.82) is 0 Å². The Hall–Kier alpha value is -1.10. The van der Waals surface area contributed by atoms with Gasteiger partial charge in [-0.15, -0.1) is 5.10 Å². The number of H-pyrrole nitrogens is 1. The third-order valence-corrected chi connectivity index (χ3v) is 4.29. The molecule has 0 spiro atoms. The van der Waals surface area contributed by atoms with Crippen molar-refractivity contribution in [2.45, 2.75) is 51.0 Å². The van der Waals surface area contributed by atoms with Gasteiger partial charge in [0, 0.05) is 25.6 Å². The van der Waals surface area contributed by atoms with Crippen molar-refractivity contribution in [2.24, 2.45) is 11.7 Å². The van der Waals surface area contributed by atoms with E-state index < -0.39 is 0 Å². The monoisotopic (exact) mass is 249 g/mol. The van der Waals surface area contributed by atoms with Crippen LogP contribution in [0.1, 0.15) is 44.3 Å². The van der Waals surface area contributed by atoms with E-state index in [4.69, 9.17) is 5.73 Å². The summed E-state index contributed by atoms with van der Waals surface area (Å²) >= 11 is 0. The predicted molar refractivity (Wildman–Crippen MR) is 71.5 cm³/mol. The second-order valence-electron chi connectivity index (χ2n) is 5.77. The van der Waals surface area contributed by atoms with Gasteiger partial charge in [0.25, 0.3) is 0 Å². The number of aromatic amines is 1. The lowest BCUT2D eigenvalue weighted by Crippen LogP contribution is -2.27. The molecule has 0 bridgehead atoms. The molecule has 0 aromatic carbocycles. The Kier molecular flexibility index (Phi) is 3.50. The fourth-order valence-electron chi connectivity index (χ4n) is 3.15. The van der Waals surface area contributed by atoms with Crippen molar-refractivity contribution < 1.29 is 0 Å². The van der Waals surface area contributed by atoms with Gasteiger partial charge in [-0.3, -0.25) is 5.10 Å². The molecule has 2 aliphatic rings. The predicted octanol–water partition coefficient (Wildman–Crippen LogP) is 1.46. The molecule has 1 saturated heterocycles. The highest BCUT2D eigenvalue weighted by molar-refractivity contribution is 5.31. The van der Waals surface area contributed by atoms with Gasteiger partial charge in [0.05, 0.1) is 0 Å². The number of anilines is 1. The summed E-state index contributed by atoms with van der Waals surface area (Å²) in [6.45, 7) is 1.88. The highest BCUT2D eigenvalue weighted by Gasteiger charge is 2.22. The Morgan fingerprint density at radius 1 is 1.28 bits per heavy atom. The summed E-state index contributed by atoms with van der Waals surface area (Å²) in [5.41, 5.74) is 5.90. The molecule has 100 valence electrons. The molecule has 1 aliphatic heterocycles. The lowest BCUT2D eigenvalue weighted by molar-refractivity contribution is 0.497. The third-order valence-electron chi connectivity index (χ3n) is 4.29. The summed E-state index contributed by atoms with van der Waals surface area (Å²) in [4.78, 5) is 6.77. The van der Waals surface area contributed by atoms with Gasteiger partial charge >= 0.3 is 0 Å². The van der Waals surface area contributed by atoms with Crippen molar-refractivity contribution in [3.05, 3.63) is 5.82 Å². The molecule has 3 rings (SSSR count). The van der Waals surface area contributed by atoms with E-state index in [2.05, 4.69) is 20.1 Å². The fraction of sp³-hybridized carbons (Fsp3) is 0.846. The first-order valence-corrected chi connectivity index (χ1v) is 7.23. The topological polar surface area (TPSA) is 70.8 Å². The molecule has 1 aromatic rings. The van der Waals surface area contributed by atoms with Crippen molar-refractivity contribution >= 4 is 5.95 Å². The van der Waals surface area contributed by atoms with Crippen LogP contribution in [0.3, 0.4) is 0 Å². The Bertz CT molecular complexity index is 382. The van der Waals surface area contributed by atoms with Gasteiger partial charge in [-0.25, -0.2) is 0 Å². The minimum Gasteiger partial charge on any atom is -0.338 e. The van der Waals surface area contributed by atoms with E-state index in [1.165, 1.54) is 32.1 Å². The van der Waals surface area contributed by atoms with Crippen LogP contribution in [0.25, 0.3) is 0 Å². The number of nitrogens with one attached hydrogen (secondary N) is 1. The maximum absolute atomic E-state index is 5.90. The molecule has 5 nitrogen and oxygen atoms in total. The largest absolute Gasteiger partial charge is 0.338 e. The van der Waals surface area contributed by atoms with Gasteiger partial charge in [-0.05, 0) is 18.8 Å². The zero-order valence-corrected chi connectivity index (χ0v) is 10.9. The Morgan fingerprint density at radius 2 is 2.11 bits per heavy atom. The maximum atomic E-state index is 5.90. The van der Waals surface area contributed by atoms with Crippen molar-refractivity contribution in [3.63, 3.8) is 0 Å². The highest BCUT2D eigenvalue weighted by atomic mass is 15.4. The number of hydrogen-bond donors (Lipinski definition) is 2. The number of nitrogens with two attached hydrogens (primary N) is 1.